The molecule has 1 amide bonds. The molecule has 180 valence electrons. The number of carbonyl (C=O) groups is 1. The van der Waals surface area contributed by atoms with E-state index in [0.717, 1.165) is 58.4 Å². The third-order valence-corrected chi connectivity index (χ3v) is 7.47. The lowest BCUT2D eigenvalue weighted by atomic mass is 9.97. The van der Waals surface area contributed by atoms with Gasteiger partial charge in [0.25, 0.3) is 0 Å². The lowest BCUT2D eigenvalue weighted by Crippen LogP contribution is -2.41. The SMILES string of the molecule is O=C(Nc1ccc(-c2cn3ccsc3n2)cc1)C1CCCN(c2ccc(-c3ccc(Cl)cc3)nn2)C1. The number of rotatable bonds is 5. The molecule has 1 aliphatic rings. The Kier molecular flexibility index (Phi) is 6.13. The topological polar surface area (TPSA) is 75.4 Å². The minimum absolute atomic E-state index is 0.0284. The van der Waals surface area contributed by atoms with Crippen LogP contribution >= 0.6 is 22.9 Å². The van der Waals surface area contributed by atoms with Crippen LogP contribution in [0.2, 0.25) is 5.02 Å². The van der Waals surface area contributed by atoms with Crippen molar-refractivity contribution < 1.29 is 4.79 Å². The van der Waals surface area contributed by atoms with Crippen molar-refractivity contribution in [3.05, 3.63) is 83.5 Å². The molecule has 1 fully saturated rings. The number of fused-ring (bicyclic) bond motifs is 1. The van der Waals surface area contributed by atoms with Crippen molar-refractivity contribution in [2.45, 2.75) is 12.8 Å². The molecule has 0 radical (unpaired) electrons. The fourth-order valence-electron chi connectivity index (χ4n) is 4.50. The van der Waals surface area contributed by atoms with Gasteiger partial charge in [-0.1, -0.05) is 35.9 Å². The summed E-state index contributed by atoms with van der Waals surface area (Å²) in [6, 6.07) is 19.3. The van der Waals surface area contributed by atoms with Crippen molar-refractivity contribution >= 4 is 45.3 Å². The van der Waals surface area contributed by atoms with E-state index in [1.165, 1.54) is 0 Å². The van der Waals surface area contributed by atoms with Crippen LogP contribution < -0.4 is 10.2 Å². The average molecular weight is 515 g/mol. The van der Waals surface area contributed by atoms with E-state index >= 15 is 0 Å². The Morgan fingerprint density at radius 3 is 2.50 bits per heavy atom. The molecule has 6 rings (SSSR count). The van der Waals surface area contributed by atoms with E-state index in [2.05, 4.69) is 25.4 Å². The Balaban J connectivity index is 1.09. The van der Waals surface area contributed by atoms with Gasteiger partial charge in [0.05, 0.1) is 17.3 Å². The van der Waals surface area contributed by atoms with Crippen molar-refractivity contribution in [1.29, 1.82) is 0 Å². The highest BCUT2D eigenvalue weighted by Gasteiger charge is 2.27. The highest BCUT2D eigenvalue weighted by atomic mass is 35.5. The zero-order valence-corrected chi connectivity index (χ0v) is 20.9. The van der Waals surface area contributed by atoms with Gasteiger partial charge in [-0.05, 0) is 49.2 Å². The summed E-state index contributed by atoms with van der Waals surface area (Å²) in [5.41, 5.74) is 4.49. The number of amides is 1. The minimum Gasteiger partial charge on any atom is -0.354 e. The first-order valence-corrected chi connectivity index (χ1v) is 13.1. The highest BCUT2D eigenvalue weighted by Crippen LogP contribution is 2.26. The number of nitrogens with zero attached hydrogens (tertiary/aromatic N) is 5. The molecule has 0 aliphatic carbocycles. The summed E-state index contributed by atoms with van der Waals surface area (Å²) in [5, 5.41) is 14.6. The molecule has 0 spiro atoms. The number of thiazole rings is 1. The van der Waals surface area contributed by atoms with Gasteiger partial charge in [-0.2, -0.15) is 0 Å². The number of hydrogen-bond donors (Lipinski definition) is 1. The number of anilines is 2. The second-order valence-electron chi connectivity index (χ2n) is 8.85. The standard InChI is InChI=1S/C27H23ClN6OS/c28-21-7-3-18(4-8-21)23-11-12-25(32-31-23)33-13-1-2-20(16-33)26(35)29-22-9-5-19(6-10-22)24-17-34-14-15-36-27(34)30-24/h3-12,14-15,17,20H,1-2,13,16H2,(H,29,35). The van der Waals surface area contributed by atoms with Crippen molar-refractivity contribution in [3.8, 4) is 22.5 Å². The molecule has 4 heterocycles. The summed E-state index contributed by atoms with van der Waals surface area (Å²) in [7, 11) is 0. The van der Waals surface area contributed by atoms with Gasteiger partial charge in [0.2, 0.25) is 5.91 Å². The first-order valence-electron chi connectivity index (χ1n) is 11.8. The monoisotopic (exact) mass is 514 g/mol. The molecular formula is C27H23ClN6OS. The van der Waals surface area contributed by atoms with Crippen LogP contribution in [0.25, 0.3) is 27.5 Å². The van der Waals surface area contributed by atoms with E-state index < -0.39 is 0 Å². The molecule has 0 bridgehead atoms. The third kappa shape index (κ3) is 4.69. The minimum atomic E-state index is -0.115. The molecule has 36 heavy (non-hydrogen) atoms. The average Bonchev–Trinajstić information content (AvgIpc) is 3.53. The molecular weight excluding hydrogens is 492 g/mol. The number of benzene rings is 2. The molecule has 1 atom stereocenters. The zero-order chi connectivity index (χ0) is 24.5. The number of halogens is 1. The summed E-state index contributed by atoms with van der Waals surface area (Å²) in [5.74, 6) is 0.700. The Hall–Kier alpha value is -3.75. The normalized spacial score (nSPS) is 15.8. The van der Waals surface area contributed by atoms with Crippen molar-refractivity contribution in [3.63, 3.8) is 0 Å². The fourth-order valence-corrected chi connectivity index (χ4v) is 5.33. The number of piperidine rings is 1. The molecule has 7 nitrogen and oxygen atoms in total. The molecule has 5 aromatic rings. The smallest absolute Gasteiger partial charge is 0.229 e. The Morgan fingerprint density at radius 1 is 0.972 bits per heavy atom. The van der Waals surface area contributed by atoms with Crippen molar-refractivity contribution in [1.82, 2.24) is 19.6 Å². The summed E-state index contributed by atoms with van der Waals surface area (Å²) in [6.45, 7) is 1.47. The number of hydrogen-bond acceptors (Lipinski definition) is 6. The number of carbonyl (C=O) groups excluding carboxylic acids is 1. The van der Waals surface area contributed by atoms with Crippen LogP contribution in [0, 0.1) is 5.92 Å². The van der Waals surface area contributed by atoms with E-state index in [9.17, 15) is 4.79 Å². The summed E-state index contributed by atoms with van der Waals surface area (Å²) in [4.78, 5) is 20.8. The van der Waals surface area contributed by atoms with Crippen LogP contribution in [0.3, 0.4) is 0 Å². The van der Waals surface area contributed by atoms with Crippen LogP contribution in [0.4, 0.5) is 11.5 Å². The van der Waals surface area contributed by atoms with Gasteiger partial charge in [-0.15, -0.1) is 21.5 Å². The molecule has 1 aliphatic heterocycles. The first kappa shape index (κ1) is 22.7. The van der Waals surface area contributed by atoms with Gasteiger partial charge < -0.3 is 10.2 Å². The summed E-state index contributed by atoms with van der Waals surface area (Å²) in [6.07, 6.45) is 5.79. The van der Waals surface area contributed by atoms with Gasteiger partial charge in [0.15, 0.2) is 10.8 Å². The quantitative estimate of drug-likeness (QED) is 0.310. The van der Waals surface area contributed by atoms with Gasteiger partial charge in [-0.3, -0.25) is 9.20 Å². The molecule has 1 N–H and O–H groups in total. The van der Waals surface area contributed by atoms with Crippen LogP contribution in [0.1, 0.15) is 12.8 Å². The predicted octanol–water partition coefficient (Wildman–Crippen LogP) is 6.03. The first-order chi connectivity index (χ1) is 17.6. The van der Waals surface area contributed by atoms with E-state index in [4.69, 9.17) is 11.6 Å². The third-order valence-electron chi connectivity index (χ3n) is 6.45. The van der Waals surface area contributed by atoms with Crippen LogP contribution in [-0.4, -0.2) is 38.6 Å². The number of nitrogens with one attached hydrogen (secondary N) is 1. The van der Waals surface area contributed by atoms with E-state index in [1.54, 1.807) is 11.3 Å². The predicted molar refractivity (Wildman–Crippen MR) is 145 cm³/mol. The van der Waals surface area contributed by atoms with Crippen molar-refractivity contribution in [2.75, 3.05) is 23.3 Å². The van der Waals surface area contributed by atoms with Gasteiger partial charge in [0, 0.05) is 52.7 Å². The van der Waals surface area contributed by atoms with Crippen molar-refractivity contribution in [2.24, 2.45) is 5.92 Å². The summed E-state index contributed by atoms with van der Waals surface area (Å²) >= 11 is 7.59. The maximum Gasteiger partial charge on any atom is 0.229 e. The molecule has 1 saturated heterocycles. The fraction of sp³-hybridized carbons (Fsp3) is 0.185. The Morgan fingerprint density at radius 2 is 1.75 bits per heavy atom. The van der Waals surface area contributed by atoms with Gasteiger partial charge in [-0.25, -0.2) is 4.98 Å². The van der Waals surface area contributed by atoms with E-state index in [0.29, 0.717) is 11.6 Å². The highest BCUT2D eigenvalue weighted by molar-refractivity contribution is 7.15. The van der Waals surface area contributed by atoms with Gasteiger partial charge >= 0.3 is 0 Å². The molecule has 3 aromatic heterocycles. The molecule has 2 aromatic carbocycles. The molecule has 0 saturated carbocycles. The number of aromatic nitrogens is 4. The number of imidazole rings is 1. The lowest BCUT2D eigenvalue weighted by molar-refractivity contribution is -0.120. The lowest BCUT2D eigenvalue weighted by Gasteiger charge is -2.32. The zero-order valence-electron chi connectivity index (χ0n) is 19.3. The van der Waals surface area contributed by atoms with Gasteiger partial charge in [0.1, 0.15) is 0 Å². The van der Waals surface area contributed by atoms with Crippen LogP contribution in [-0.2, 0) is 4.79 Å². The second-order valence-corrected chi connectivity index (χ2v) is 10.2. The largest absolute Gasteiger partial charge is 0.354 e. The summed E-state index contributed by atoms with van der Waals surface area (Å²) < 4.78 is 2.01. The molecule has 1 unspecified atom stereocenters. The Labute approximate surface area is 217 Å². The van der Waals surface area contributed by atoms with E-state index in [1.807, 2.05) is 82.8 Å². The molecule has 9 heteroatoms. The van der Waals surface area contributed by atoms with Crippen LogP contribution in [0.15, 0.2) is 78.4 Å². The second kappa shape index (κ2) is 9.72. The Bertz CT molecular complexity index is 1470. The maximum absolute atomic E-state index is 13.0. The van der Waals surface area contributed by atoms with E-state index in [-0.39, 0.29) is 11.8 Å². The van der Waals surface area contributed by atoms with Crippen LogP contribution in [0.5, 0.6) is 0 Å². The maximum atomic E-state index is 13.0.